The second kappa shape index (κ2) is 5.57. The third-order valence-electron chi connectivity index (χ3n) is 3.04. The number of carboxylic acid groups (broad SMARTS) is 1. The van der Waals surface area contributed by atoms with Gasteiger partial charge in [-0.3, -0.25) is 4.79 Å². The summed E-state index contributed by atoms with van der Waals surface area (Å²) in [6, 6.07) is 11.9. The van der Waals surface area contributed by atoms with Gasteiger partial charge in [0.2, 0.25) is 0 Å². The molecule has 0 heterocycles. The molecule has 2 rings (SSSR count). The number of carbonyl (C=O) groups is 2. The van der Waals surface area contributed by atoms with Crippen LogP contribution in [-0.2, 0) is 0 Å². The van der Waals surface area contributed by atoms with Crippen LogP contribution in [0.1, 0.15) is 31.8 Å². The number of rotatable bonds is 3. The van der Waals surface area contributed by atoms with Gasteiger partial charge in [-0.25, -0.2) is 4.79 Å². The van der Waals surface area contributed by atoms with Gasteiger partial charge in [-0.1, -0.05) is 24.3 Å². The van der Waals surface area contributed by atoms with Gasteiger partial charge >= 0.3 is 5.97 Å². The third-order valence-corrected chi connectivity index (χ3v) is 3.04. The van der Waals surface area contributed by atoms with E-state index in [4.69, 9.17) is 5.11 Å². The highest BCUT2D eigenvalue weighted by Gasteiger charge is 2.16. The molecule has 0 aliphatic rings. The van der Waals surface area contributed by atoms with E-state index < -0.39 is 11.9 Å². The molecule has 0 spiro atoms. The lowest BCUT2D eigenvalue weighted by Gasteiger charge is -2.10. The molecule has 4 heteroatoms. The quantitative estimate of drug-likeness (QED) is 0.898. The van der Waals surface area contributed by atoms with E-state index in [-0.39, 0.29) is 11.1 Å². The first kappa shape index (κ1) is 13.8. The molecule has 0 bridgehead atoms. The maximum Gasteiger partial charge on any atom is 0.336 e. The summed E-state index contributed by atoms with van der Waals surface area (Å²) in [5.74, 6) is -1.53. The Kier molecular flexibility index (Phi) is 3.84. The van der Waals surface area contributed by atoms with Crippen molar-refractivity contribution in [2.45, 2.75) is 13.8 Å². The van der Waals surface area contributed by atoms with E-state index in [1.807, 2.05) is 32.0 Å². The normalized spacial score (nSPS) is 10.1. The van der Waals surface area contributed by atoms with Crippen LogP contribution >= 0.6 is 0 Å². The Balaban J connectivity index is 2.33. The van der Waals surface area contributed by atoms with E-state index >= 15 is 0 Å². The van der Waals surface area contributed by atoms with Crippen LogP contribution in [0.3, 0.4) is 0 Å². The molecule has 0 saturated carbocycles. The fourth-order valence-electron chi connectivity index (χ4n) is 1.93. The number of nitrogens with one attached hydrogen (secondary N) is 1. The molecule has 2 N–H and O–H groups in total. The molecule has 0 aliphatic carbocycles. The predicted molar refractivity (Wildman–Crippen MR) is 77.3 cm³/mol. The van der Waals surface area contributed by atoms with Crippen molar-refractivity contribution < 1.29 is 14.7 Å². The van der Waals surface area contributed by atoms with Crippen molar-refractivity contribution in [2.24, 2.45) is 0 Å². The highest BCUT2D eigenvalue weighted by molar-refractivity contribution is 6.10. The van der Waals surface area contributed by atoms with E-state index in [1.54, 1.807) is 12.1 Å². The summed E-state index contributed by atoms with van der Waals surface area (Å²) in [5.41, 5.74) is 2.79. The largest absolute Gasteiger partial charge is 0.478 e. The van der Waals surface area contributed by atoms with Gasteiger partial charge in [0.1, 0.15) is 0 Å². The number of carbonyl (C=O) groups excluding carboxylic acids is 1. The summed E-state index contributed by atoms with van der Waals surface area (Å²) in [6.45, 7) is 3.82. The van der Waals surface area contributed by atoms with Crippen molar-refractivity contribution in [1.29, 1.82) is 0 Å². The maximum absolute atomic E-state index is 12.2. The molecule has 0 saturated heterocycles. The Labute approximate surface area is 117 Å². The highest BCUT2D eigenvalue weighted by atomic mass is 16.4. The van der Waals surface area contributed by atoms with Crippen LogP contribution in [0.5, 0.6) is 0 Å². The second-order valence-corrected chi connectivity index (χ2v) is 4.62. The summed E-state index contributed by atoms with van der Waals surface area (Å²) in [6.07, 6.45) is 0. The molecule has 2 aromatic carbocycles. The van der Waals surface area contributed by atoms with E-state index in [0.717, 1.165) is 11.1 Å². The number of anilines is 1. The Hall–Kier alpha value is -2.62. The molecule has 0 fully saturated rings. The van der Waals surface area contributed by atoms with Gasteiger partial charge in [-0.15, -0.1) is 0 Å². The molecule has 0 aromatic heterocycles. The minimum Gasteiger partial charge on any atom is -0.478 e. The lowest BCUT2D eigenvalue weighted by Crippen LogP contribution is -2.17. The Morgan fingerprint density at radius 1 is 1.00 bits per heavy atom. The molecular formula is C16H15NO3. The monoisotopic (exact) mass is 269 g/mol. The Bertz CT molecular complexity index is 677. The number of hydrogen-bond donors (Lipinski definition) is 2. The van der Waals surface area contributed by atoms with Gasteiger partial charge in [0.05, 0.1) is 11.1 Å². The number of aryl methyl sites for hydroxylation is 2. The number of carboxylic acids is 1. The minimum atomic E-state index is -1.11. The first-order chi connectivity index (χ1) is 9.49. The van der Waals surface area contributed by atoms with Crippen LogP contribution in [0, 0.1) is 13.8 Å². The van der Waals surface area contributed by atoms with Crippen molar-refractivity contribution >= 4 is 17.6 Å². The van der Waals surface area contributed by atoms with Crippen molar-refractivity contribution in [1.82, 2.24) is 0 Å². The third kappa shape index (κ3) is 2.85. The lowest BCUT2D eigenvalue weighted by atomic mass is 10.1. The fourth-order valence-corrected chi connectivity index (χ4v) is 1.93. The molecule has 0 unspecified atom stereocenters. The zero-order chi connectivity index (χ0) is 14.7. The van der Waals surface area contributed by atoms with Crippen molar-refractivity contribution in [2.75, 3.05) is 5.32 Å². The minimum absolute atomic E-state index is 0.00435. The standard InChI is InChI=1S/C16H15NO3/c1-10-7-8-11(2)14(9-10)17-15(18)12-5-3-4-6-13(12)16(19)20/h3-9H,1-2H3,(H,17,18)(H,19,20). The average Bonchev–Trinajstić information content (AvgIpc) is 2.42. The van der Waals surface area contributed by atoms with Gasteiger partial charge in [0, 0.05) is 5.69 Å². The molecule has 2 aromatic rings. The van der Waals surface area contributed by atoms with Crippen LogP contribution in [0.15, 0.2) is 42.5 Å². The molecule has 0 atom stereocenters. The fraction of sp³-hybridized carbons (Fsp3) is 0.125. The van der Waals surface area contributed by atoms with Crippen LogP contribution in [0.2, 0.25) is 0 Å². The van der Waals surface area contributed by atoms with E-state index in [1.165, 1.54) is 12.1 Å². The van der Waals surface area contributed by atoms with E-state index in [2.05, 4.69) is 5.32 Å². The SMILES string of the molecule is Cc1ccc(C)c(NC(=O)c2ccccc2C(=O)O)c1. The van der Waals surface area contributed by atoms with Gasteiger partial charge in [0.15, 0.2) is 0 Å². The summed E-state index contributed by atoms with van der Waals surface area (Å²) < 4.78 is 0. The molecule has 102 valence electrons. The first-order valence-electron chi connectivity index (χ1n) is 6.20. The lowest BCUT2D eigenvalue weighted by molar-refractivity contribution is 0.0692. The zero-order valence-corrected chi connectivity index (χ0v) is 11.3. The molecule has 1 amide bonds. The number of aromatic carboxylic acids is 1. The average molecular weight is 269 g/mol. The van der Waals surface area contributed by atoms with E-state index in [0.29, 0.717) is 5.69 Å². The number of benzene rings is 2. The van der Waals surface area contributed by atoms with E-state index in [9.17, 15) is 9.59 Å². The Morgan fingerprint density at radius 2 is 1.65 bits per heavy atom. The predicted octanol–water partition coefficient (Wildman–Crippen LogP) is 3.25. The number of hydrogen-bond acceptors (Lipinski definition) is 2. The first-order valence-corrected chi connectivity index (χ1v) is 6.20. The maximum atomic E-state index is 12.2. The zero-order valence-electron chi connectivity index (χ0n) is 11.3. The summed E-state index contributed by atoms with van der Waals surface area (Å²) in [4.78, 5) is 23.3. The van der Waals surface area contributed by atoms with Crippen LogP contribution < -0.4 is 5.32 Å². The van der Waals surface area contributed by atoms with Crippen LogP contribution in [0.25, 0.3) is 0 Å². The van der Waals surface area contributed by atoms with Gasteiger partial charge < -0.3 is 10.4 Å². The topological polar surface area (TPSA) is 66.4 Å². The van der Waals surface area contributed by atoms with Crippen molar-refractivity contribution in [3.8, 4) is 0 Å². The van der Waals surface area contributed by atoms with Crippen LogP contribution in [-0.4, -0.2) is 17.0 Å². The van der Waals surface area contributed by atoms with Crippen molar-refractivity contribution in [3.63, 3.8) is 0 Å². The summed E-state index contributed by atoms with van der Waals surface area (Å²) in [7, 11) is 0. The number of amides is 1. The summed E-state index contributed by atoms with van der Waals surface area (Å²) in [5, 5.41) is 11.9. The molecular weight excluding hydrogens is 254 g/mol. The smallest absolute Gasteiger partial charge is 0.336 e. The van der Waals surface area contributed by atoms with Gasteiger partial charge in [0.25, 0.3) is 5.91 Å². The summed E-state index contributed by atoms with van der Waals surface area (Å²) >= 11 is 0. The second-order valence-electron chi connectivity index (χ2n) is 4.62. The molecule has 4 nitrogen and oxygen atoms in total. The molecule has 20 heavy (non-hydrogen) atoms. The molecule has 0 aliphatic heterocycles. The van der Waals surface area contributed by atoms with Crippen LogP contribution in [0.4, 0.5) is 5.69 Å². The van der Waals surface area contributed by atoms with Gasteiger partial charge in [-0.05, 0) is 43.2 Å². The van der Waals surface area contributed by atoms with Gasteiger partial charge in [-0.2, -0.15) is 0 Å². The molecule has 0 radical (unpaired) electrons. The Morgan fingerprint density at radius 3 is 2.30 bits per heavy atom. The van der Waals surface area contributed by atoms with Crippen molar-refractivity contribution in [3.05, 3.63) is 64.7 Å². The highest BCUT2D eigenvalue weighted by Crippen LogP contribution is 2.18.